The molecule has 1 heterocycles. The van der Waals surface area contributed by atoms with Gasteiger partial charge in [-0.05, 0) is 25.3 Å². The van der Waals surface area contributed by atoms with Crippen LogP contribution in [0.3, 0.4) is 0 Å². The van der Waals surface area contributed by atoms with Gasteiger partial charge in [-0.2, -0.15) is 0 Å². The monoisotopic (exact) mass is 294 g/mol. The first-order chi connectivity index (χ1) is 10.3. The molecule has 0 amide bonds. The number of rotatable bonds is 12. The number of hydrogen-bond acceptors (Lipinski definition) is 3. The molecular weight excluding hydrogens is 263 g/mol. The summed E-state index contributed by atoms with van der Waals surface area (Å²) in [6, 6.07) is 0. The normalized spacial score (nSPS) is 16.6. The van der Waals surface area contributed by atoms with Gasteiger partial charge in [-0.1, -0.05) is 58.2 Å². The van der Waals surface area contributed by atoms with E-state index in [0.717, 1.165) is 45.1 Å². The summed E-state index contributed by atoms with van der Waals surface area (Å²) in [6.45, 7) is 8.50. The van der Waals surface area contributed by atoms with Gasteiger partial charge in [0.25, 0.3) is 0 Å². The average Bonchev–Trinajstić information content (AvgIpc) is 2.50. The molecule has 0 N–H and O–H groups in total. The quantitative estimate of drug-likeness (QED) is 0.304. The smallest absolute Gasteiger partial charge is 0.392 e. The van der Waals surface area contributed by atoms with Gasteiger partial charge in [-0.3, -0.25) is 0 Å². The summed E-state index contributed by atoms with van der Waals surface area (Å²) < 4.78 is 18.2. The van der Waals surface area contributed by atoms with E-state index in [-0.39, 0.29) is 6.92 Å². The lowest BCUT2D eigenvalue weighted by atomic mass is 9.56. The van der Waals surface area contributed by atoms with Crippen LogP contribution in [0.5, 0.6) is 0 Å². The fourth-order valence-corrected chi connectivity index (χ4v) is 2.16. The first kappa shape index (κ1) is 18.5. The fraction of sp³-hybridized carbons (Fsp3) is 0.765. The Bertz CT molecular complexity index is 305. The van der Waals surface area contributed by atoms with E-state index in [1.807, 2.05) is 24.2 Å². The topological polar surface area (TPSA) is 27.7 Å². The van der Waals surface area contributed by atoms with E-state index in [0.29, 0.717) is 13.2 Å². The van der Waals surface area contributed by atoms with Gasteiger partial charge >= 0.3 is 6.92 Å². The van der Waals surface area contributed by atoms with E-state index in [9.17, 15) is 0 Å². The van der Waals surface area contributed by atoms with Crippen molar-refractivity contribution < 1.29 is 14.1 Å². The van der Waals surface area contributed by atoms with E-state index in [2.05, 4.69) is 20.8 Å². The lowest BCUT2D eigenvalue weighted by molar-refractivity contribution is -0.160. The van der Waals surface area contributed by atoms with Crippen LogP contribution in [0.2, 0.25) is 0 Å². The lowest BCUT2D eigenvalue weighted by Crippen LogP contribution is -2.51. The Hall–Kier alpha value is -0.575. The Morgan fingerprint density at radius 2 is 1.38 bits per heavy atom. The SMILES string of the molecule is CCCCOB1C=CC=CC1(OCCCC)OCCCC. The summed E-state index contributed by atoms with van der Waals surface area (Å²) in [5, 5.41) is 0. The second-order valence-electron chi connectivity index (χ2n) is 5.51. The minimum atomic E-state index is -0.743. The molecule has 0 saturated carbocycles. The number of allylic oxidation sites excluding steroid dienone is 2. The molecule has 21 heavy (non-hydrogen) atoms. The Labute approximate surface area is 130 Å². The van der Waals surface area contributed by atoms with Crippen LogP contribution in [0.25, 0.3) is 0 Å². The van der Waals surface area contributed by atoms with Crippen LogP contribution in [0, 0.1) is 0 Å². The maximum absolute atomic E-state index is 6.12. The highest BCUT2D eigenvalue weighted by Gasteiger charge is 2.43. The van der Waals surface area contributed by atoms with Crippen LogP contribution >= 0.6 is 0 Å². The molecule has 0 radical (unpaired) electrons. The highest BCUT2D eigenvalue weighted by atomic mass is 16.7. The van der Waals surface area contributed by atoms with Crippen molar-refractivity contribution in [2.45, 2.75) is 65.0 Å². The van der Waals surface area contributed by atoms with Gasteiger partial charge in [0.15, 0.2) is 5.69 Å². The maximum Gasteiger partial charge on any atom is 0.392 e. The third kappa shape index (κ3) is 6.37. The summed E-state index contributed by atoms with van der Waals surface area (Å²) in [5.41, 5.74) is -0.743. The summed E-state index contributed by atoms with van der Waals surface area (Å²) >= 11 is 0. The molecule has 120 valence electrons. The number of ether oxygens (including phenoxy) is 2. The number of hydrogen-bond donors (Lipinski definition) is 0. The molecule has 1 aliphatic rings. The molecule has 0 spiro atoms. The summed E-state index contributed by atoms with van der Waals surface area (Å²) in [6.07, 6.45) is 12.5. The van der Waals surface area contributed by atoms with Gasteiger partial charge in [0, 0.05) is 19.8 Å². The Morgan fingerprint density at radius 3 is 1.95 bits per heavy atom. The molecular formula is C17H31BO3. The molecule has 0 aromatic heterocycles. The van der Waals surface area contributed by atoms with E-state index in [4.69, 9.17) is 14.1 Å². The minimum Gasteiger partial charge on any atom is -0.427 e. The largest absolute Gasteiger partial charge is 0.427 e. The molecule has 0 fully saturated rings. The Balaban J connectivity index is 2.67. The van der Waals surface area contributed by atoms with Gasteiger partial charge in [-0.15, -0.1) is 0 Å². The highest BCUT2D eigenvalue weighted by Crippen LogP contribution is 2.25. The minimum absolute atomic E-state index is 0.150. The first-order valence-corrected chi connectivity index (χ1v) is 8.54. The zero-order valence-electron chi connectivity index (χ0n) is 14.0. The zero-order valence-corrected chi connectivity index (χ0v) is 14.0. The van der Waals surface area contributed by atoms with Crippen molar-refractivity contribution >= 4 is 6.92 Å². The molecule has 4 heteroatoms. The predicted octanol–water partition coefficient (Wildman–Crippen LogP) is 4.33. The van der Waals surface area contributed by atoms with Crippen molar-refractivity contribution in [1.82, 2.24) is 0 Å². The van der Waals surface area contributed by atoms with E-state index in [1.54, 1.807) is 0 Å². The molecule has 0 aromatic carbocycles. The zero-order chi connectivity index (χ0) is 15.4. The average molecular weight is 294 g/mol. The molecule has 0 saturated heterocycles. The molecule has 1 rings (SSSR count). The predicted molar refractivity (Wildman–Crippen MR) is 89.3 cm³/mol. The van der Waals surface area contributed by atoms with Crippen molar-refractivity contribution in [1.29, 1.82) is 0 Å². The molecule has 0 aliphatic carbocycles. The molecule has 0 aromatic rings. The van der Waals surface area contributed by atoms with Crippen LogP contribution < -0.4 is 0 Å². The van der Waals surface area contributed by atoms with E-state index >= 15 is 0 Å². The Morgan fingerprint density at radius 1 is 0.810 bits per heavy atom. The molecule has 0 bridgehead atoms. The van der Waals surface area contributed by atoms with Crippen molar-refractivity contribution in [3.05, 3.63) is 24.2 Å². The van der Waals surface area contributed by atoms with Gasteiger partial charge in [0.2, 0.25) is 0 Å². The summed E-state index contributed by atoms with van der Waals surface area (Å²) in [7, 11) is 0. The summed E-state index contributed by atoms with van der Waals surface area (Å²) in [4.78, 5) is 0. The molecule has 1 aliphatic heterocycles. The van der Waals surface area contributed by atoms with E-state index < -0.39 is 5.69 Å². The standard InChI is InChI=1S/C17H31BO3/c1-4-7-14-19-17(20-15-8-5-2)12-10-11-13-18(17)21-16-9-6-3/h10-13H,4-9,14-16H2,1-3H3. The molecule has 0 atom stereocenters. The number of unbranched alkanes of at least 4 members (excludes halogenated alkanes) is 3. The first-order valence-electron chi connectivity index (χ1n) is 8.54. The third-order valence-electron chi connectivity index (χ3n) is 3.57. The summed E-state index contributed by atoms with van der Waals surface area (Å²) in [5.74, 6) is 2.05. The second kappa shape index (κ2) is 11.1. The Kier molecular flexibility index (Phi) is 9.72. The van der Waals surface area contributed by atoms with Crippen molar-refractivity contribution in [2.24, 2.45) is 0 Å². The van der Waals surface area contributed by atoms with Gasteiger partial charge in [0.1, 0.15) is 0 Å². The van der Waals surface area contributed by atoms with Crippen LogP contribution in [0.1, 0.15) is 59.3 Å². The molecule has 3 nitrogen and oxygen atoms in total. The third-order valence-corrected chi connectivity index (χ3v) is 3.57. The van der Waals surface area contributed by atoms with Crippen LogP contribution in [-0.4, -0.2) is 32.4 Å². The van der Waals surface area contributed by atoms with Gasteiger partial charge in [-0.25, -0.2) is 0 Å². The lowest BCUT2D eigenvalue weighted by Gasteiger charge is -2.36. The van der Waals surface area contributed by atoms with Crippen LogP contribution in [0.15, 0.2) is 24.2 Å². The second-order valence-corrected chi connectivity index (χ2v) is 5.51. The van der Waals surface area contributed by atoms with Crippen LogP contribution in [0.4, 0.5) is 0 Å². The van der Waals surface area contributed by atoms with Gasteiger partial charge < -0.3 is 14.1 Å². The van der Waals surface area contributed by atoms with Crippen molar-refractivity contribution in [3.8, 4) is 0 Å². The van der Waals surface area contributed by atoms with Gasteiger partial charge in [0.05, 0.1) is 0 Å². The van der Waals surface area contributed by atoms with Crippen molar-refractivity contribution in [2.75, 3.05) is 19.8 Å². The van der Waals surface area contributed by atoms with Crippen LogP contribution in [-0.2, 0) is 14.1 Å². The highest BCUT2D eigenvalue weighted by molar-refractivity contribution is 6.61. The maximum atomic E-state index is 6.12. The van der Waals surface area contributed by atoms with E-state index in [1.165, 1.54) is 0 Å². The van der Waals surface area contributed by atoms with Crippen molar-refractivity contribution in [3.63, 3.8) is 0 Å². The fourth-order valence-electron chi connectivity index (χ4n) is 2.16. The molecule has 0 unspecified atom stereocenters.